The van der Waals surface area contributed by atoms with Crippen molar-refractivity contribution in [2.45, 2.75) is 27.3 Å². The van der Waals surface area contributed by atoms with Crippen LogP contribution in [0.25, 0.3) is 0 Å². The van der Waals surface area contributed by atoms with E-state index in [9.17, 15) is 9.18 Å². The highest BCUT2D eigenvalue weighted by Gasteiger charge is 2.04. The van der Waals surface area contributed by atoms with Crippen molar-refractivity contribution in [3.63, 3.8) is 0 Å². The van der Waals surface area contributed by atoms with E-state index in [0.29, 0.717) is 17.8 Å². The Morgan fingerprint density at radius 2 is 1.71 bits per heavy atom. The van der Waals surface area contributed by atoms with E-state index < -0.39 is 0 Å². The molecular formula is C17H19FN2O. The molecule has 0 aliphatic carbocycles. The standard InChI is InChI=1S/C17H19FN2O/c1-11-6-12(2)8-14(7-11)10-19-17(21)20-15-5-4-13(3)16(18)9-15/h4-9H,10H2,1-3H3,(H2,19,20,21). The van der Waals surface area contributed by atoms with Crippen molar-refractivity contribution in [2.75, 3.05) is 5.32 Å². The van der Waals surface area contributed by atoms with Crippen LogP contribution in [0.5, 0.6) is 0 Å². The summed E-state index contributed by atoms with van der Waals surface area (Å²) < 4.78 is 13.4. The summed E-state index contributed by atoms with van der Waals surface area (Å²) in [6.45, 7) is 6.15. The molecule has 0 spiro atoms. The first kappa shape index (κ1) is 15.0. The Hall–Kier alpha value is -2.36. The molecule has 2 amide bonds. The molecule has 2 rings (SSSR count). The van der Waals surface area contributed by atoms with Crippen LogP contribution < -0.4 is 10.6 Å². The largest absolute Gasteiger partial charge is 0.334 e. The fourth-order valence-corrected chi connectivity index (χ4v) is 2.20. The first-order valence-corrected chi connectivity index (χ1v) is 6.82. The molecule has 0 aliphatic rings. The second-order valence-electron chi connectivity index (χ2n) is 5.27. The summed E-state index contributed by atoms with van der Waals surface area (Å²) in [5.74, 6) is -0.331. The summed E-state index contributed by atoms with van der Waals surface area (Å²) in [6, 6.07) is 10.4. The van der Waals surface area contributed by atoms with Gasteiger partial charge in [-0.2, -0.15) is 0 Å². The molecule has 0 aliphatic heterocycles. The molecule has 21 heavy (non-hydrogen) atoms. The molecule has 0 bridgehead atoms. The van der Waals surface area contributed by atoms with Crippen molar-refractivity contribution in [3.05, 3.63) is 64.5 Å². The maximum atomic E-state index is 13.4. The van der Waals surface area contributed by atoms with E-state index in [1.807, 2.05) is 26.0 Å². The third-order valence-corrected chi connectivity index (χ3v) is 3.16. The van der Waals surface area contributed by atoms with Gasteiger partial charge in [-0.1, -0.05) is 35.4 Å². The van der Waals surface area contributed by atoms with E-state index in [0.717, 1.165) is 16.7 Å². The second kappa shape index (κ2) is 6.39. The molecule has 4 heteroatoms. The highest BCUT2D eigenvalue weighted by molar-refractivity contribution is 5.89. The third-order valence-electron chi connectivity index (χ3n) is 3.16. The van der Waals surface area contributed by atoms with Crippen molar-refractivity contribution in [2.24, 2.45) is 0 Å². The highest BCUT2D eigenvalue weighted by Crippen LogP contribution is 2.13. The minimum absolute atomic E-state index is 0.331. The van der Waals surface area contributed by atoms with Gasteiger partial charge in [-0.25, -0.2) is 9.18 Å². The van der Waals surface area contributed by atoms with E-state index in [1.54, 1.807) is 19.1 Å². The van der Waals surface area contributed by atoms with Crippen LogP contribution in [0.1, 0.15) is 22.3 Å². The Labute approximate surface area is 124 Å². The molecule has 0 fully saturated rings. The first-order valence-electron chi connectivity index (χ1n) is 6.82. The van der Waals surface area contributed by atoms with Gasteiger partial charge in [0.25, 0.3) is 0 Å². The van der Waals surface area contributed by atoms with Gasteiger partial charge in [0.2, 0.25) is 0 Å². The van der Waals surface area contributed by atoms with Crippen LogP contribution in [-0.4, -0.2) is 6.03 Å². The van der Waals surface area contributed by atoms with E-state index in [1.165, 1.54) is 6.07 Å². The quantitative estimate of drug-likeness (QED) is 0.877. The smallest absolute Gasteiger partial charge is 0.319 e. The monoisotopic (exact) mass is 286 g/mol. The van der Waals surface area contributed by atoms with Crippen LogP contribution in [0.4, 0.5) is 14.9 Å². The summed E-state index contributed by atoms with van der Waals surface area (Å²) in [5, 5.41) is 5.38. The van der Waals surface area contributed by atoms with Crippen LogP contribution in [-0.2, 0) is 6.54 Å². The SMILES string of the molecule is Cc1cc(C)cc(CNC(=O)Nc2ccc(C)c(F)c2)c1. The zero-order valence-electron chi connectivity index (χ0n) is 12.5. The molecule has 2 aromatic carbocycles. The summed E-state index contributed by atoms with van der Waals surface area (Å²) >= 11 is 0. The molecule has 110 valence electrons. The number of aryl methyl sites for hydroxylation is 3. The Balaban J connectivity index is 1.94. The topological polar surface area (TPSA) is 41.1 Å². The lowest BCUT2D eigenvalue weighted by atomic mass is 10.1. The molecule has 0 atom stereocenters. The summed E-state index contributed by atoms with van der Waals surface area (Å²) in [7, 11) is 0. The van der Waals surface area contributed by atoms with E-state index in [-0.39, 0.29) is 11.8 Å². The number of benzene rings is 2. The summed E-state index contributed by atoms with van der Waals surface area (Å²) in [4.78, 5) is 11.8. The molecule has 0 saturated carbocycles. The lowest BCUT2D eigenvalue weighted by Crippen LogP contribution is -2.28. The normalized spacial score (nSPS) is 10.3. The van der Waals surface area contributed by atoms with Crippen molar-refractivity contribution in [1.82, 2.24) is 5.32 Å². The number of nitrogens with one attached hydrogen (secondary N) is 2. The molecule has 0 radical (unpaired) electrons. The Bertz CT molecular complexity index is 648. The van der Waals surface area contributed by atoms with Gasteiger partial charge in [0.1, 0.15) is 5.82 Å². The van der Waals surface area contributed by atoms with Gasteiger partial charge >= 0.3 is 6.03 Å². The van der Waals surface area contributed by atoms with Gasteiger partial charge in [0.15, 0.2) is 0 Å². The number of amides is 2. The number of rotatable bonds is 3. The van der Waals surface area contributed by atoms with Crippen LogP contribution in [0, 0.1) is 26.6 Å². The average molecular weight is 286 g/mol. The predicted octanol–water partition coefficient (Wildman–Crippen LogP) is 4.07. The van der Waals surface area contributed by atoms with Crippen LogP contribution in [0.3, 0.4) is 0 Å². The van der Waals surface area contributed by atoms with Crippen molar-refractivity contribution < 1.29 is 9.18 Å². The fourth-order valence-electron chi connectivity index (χ4n) is 2.20. The maximum Gasteiger partial charge on any atom is 0.319 e. The second-order valence-corrected chi connectivity index (χ2v) is 5.27. The molecule has 2 N–H and O–H groups in total. The molecular weight excluding hydrogens is 267 g/mol. The minimum Gasteiger partial charge on any atom is -0.334 e. The third kappa shape index (κ3) is 4.31. The lowest BCUT2D eigenvalue weighted by molar-refractivity contribution is 0.251. The molecule has 0 unspecified atom stereocenters. The Morgan fingerprint density at radius 1 is 1.05 bits per heavy atom. The van der Waals surface area contributed by atoms with Crippen molar-refractivity contribution >= 4 is 11.7 Å². The summed E-state index contributed by atoms with van der Waals surface area (Å²) in [5.41, 5.74) is 4.35. The minimum atomic E-state index is -0.350. The molecule has 3 nitrogen and oxygen atoms in total. The maximum absolute atomic E-state index is 13.4. The number of carbonyl (C=O) groups excluding carboxylic acids is 1. The van der Waals surface area contributed by atoms with Gasteiger partial charge < -0.3 is 10.6 Å². The molecule has 0 aromatic heterocycles. The molecule has 0 heterocycles. The zero-order valence-corrected chi connectivity index (χ0v) is 12.5. The number of hydrogen-bond acceptors (Lipinski definition) is 1. The van der Waals surface area contributed by atoms with Crippen LogP contribution in [0.2, 0.25) is 0 Å². The molecule has 2 aromatic rings. The van der Waals surface area contributed by atoms with E-state index >= 15 is 0 Å². The van der Waals surface area contributed by atoms with E-state index in [4.69, 9.17) is 0 Å². The van der Waals surface area contributed by atoms with Gasteiger partial charge in [-0.3, -0.25) is 0 Å². The number of urea groups is 1. The van der Waals surface area contributed by atoms with Crippen molar-refractivity contribution in [1.29, 1.82) is 0 Å². The Kier molecular flexibility index (Phi) is 4.58. The van der Waals surface area contributed by atoms with Crippen molar-refractivity contribution in [3.8, 4) is 0 Å². The Morgan fingerprint density at radius 3 is 2.33 bits per heavy atom. The van der Waals surface area contributed by atoms with Gasteiger partial charge in [-0.15, -0.1) is 0 Å². The first-order chi connectivity index (χ1) is 9.94. The predicted molar refractivity (Wildman–Crippen MR) is 82.9 cm³/mol. The van der Waals surface area contributed by atoms with Gasteiger partial charge in [0, 0.05) is 12.2 Å². The fraction of sp³-hybridized carbons (Fsp3) is 0.235. The summed E-state index contributed by atoms with van der Waals surface area (Å²) in [6.07, 6.45) is 0. The lowest BCUT2D eigenvalue weighted by Gasteiger charge is -2.09. The van der Waals surface area contributed by atoms with Gasteiger partial charge in [0.05, 0.1) is 0 Å². The number of carbonyl (C=O) groups is 1. The van der Waals surface area contributed by atoms with Crippen LogP contribution in [0.15, 0.2) is 36.4 Å². The van der Waals surface area contributed by atoms with Gasteiger partial charge in [-0.05, 0) is 44.0 Å². The average Bonchev–Trinajstić information content (AvgIpc) is 2.40. The zero-order chi connectivity index (χ0) is 15.4. The number of hydrogen-bond donors (Lipinski definition) is 2. The van der Waals surface area contributed by atoms with E-state index in [2.05, 4.69) is 16.7 Å². The molecule has 0 saturated heterocycles. The number of anilines is 1. The van der Waals surface area contributed by atoms with Crippen LogP contribution >= 0.6 is 0 Å². The number of halogens is 1. The highest BCUT2D eigenvalue weighted by atomic mass is 19.1.